The molecule has 0 radical (unpaired) electrons. The maximum atomic E-state index is 9.47. The van der Waals surface area contributed by atoms with E-state index < -0.39 is 0 Å². The first kappa shape index (κ1) is 13.1. The van der Waals surface area contributed by atoms with Gasteiger partial charge in [-0.25, -0.2) is 4.98 Å². The molecule has 3 aromatic rings. The third kappa shape index (κ3) is 2.66. The van der Waals surface area contributed by atoms with Crippen molar-refractivity contribution in [3.63, 3.8) is 0 Å². The first-order valence-electron chi connectivity index (χ1n) is 6.19. The van der Waals surface area contributed by atoms with E-state index in [1.54, 1.807) is 0 Å². The third-order valence-electron chi connectivity index (χ3n) is 2.96. The Kier molecular flexibility index (Phi) is 3.67. The van der Waals surface area contributed by atoms with Crippen LogP contribution in [0, 0.1) is 0 Å². The lowest BCUT2D eigenvalue weighted by molar-refractivity contribution is 0.275. The van der Waals surface area contributed by atoms with Crippen molar-refractivity contribution in [2.75, 3.05) is 0 Å². The molecule has 3 rings (SSSR count). The van der Waals surface area contributed by atoms with Gasteiger partial charge in [0.2, 0.25) is 5.88 Å². The topological polar surface area (TPSA) is 42.4 Å². The van der Waals surface area contributed by atoms with E-state index in [4.69, 9.17) is 4.74 Å². The minimum absolute atomic E-state index is 0.107. The summed E-state index contributed by atoms with van der Waals surface area (Å²) in [5.74, 6) is 1.12. The lowest BCUT2D eigenvalue weighted by Crippen LogP contribution is -1.95. The quantitative estimate of drug-likeness (QED) is 0.779. The summed E-state index contributed by atoms with van der Waals surface area (Å²) in [6.07, 6.45) is 0. The van der Waals surface area contributed by atoms with Gasteiger partial charge >= 0.3 is 0 Å². The zero-order valence-corrected chi connectivity index (χ0v) is 12.2. The van der Waals surface area contributed by atoms with E-state index in [2.05, 4.69) is 20.9 Å². The Morgan fingerprint density at radius 2 is 1.80 bits per heavy atom. The Morgan fingerprint density at radius 3 is 2.55 bits per heavy atom. The predicted octanol–water partition coefficient (Wildman–Crippen LogP) is 4.28. The number of aliphatic hydroxyl groups is 1. The minimum Gasteiger partial charge on any atom is -0.439 e. The summed E-state index contributed by atoms with van der Waals surface area (Å²) in [6, 6.07) is 17.2. The van der Waals surface area contributed by atoms with Crippen LogP contribution in [0.15, 0.2) is 59.1 Å². The molecule has 3 nitrogen and oxygen atoms in total. The van der Waals surface area contributed by atoms with Crippen molar-refractivity contribution in [1.82, 2.24) is 4.98 Å². The summed E-state index contributed by atoms with van der Waals surface area (Å²) >= 11 is 3.38. The molecule has 0 bridgehead atoms. The number of hydrogen-bond acceptors (Lipinski definition) is 3. The lowest BCUT2D eigenvalue weighted by Gasteiger charge is -2.10. The van der Waals surface area contributed by atoms with Gasteiger partial charge in [0.25, 0.3) is 0 Å². The van der Waals surface area contributed by atoms with Crippen LogP contribution >= 0.6 is 15.9 Å². The van der Waals surface area contributed by atoms with Crippen molar-refractivity contribution in [2.24, 2.45) is 0 Å². The molecule has 1 N–H and O–H groups in total. The highest BCUT2D eigenvalue weighted by Gasteiger charge is 2.08. The molecule has 100 valence electrons. The van der Waals surface area contributed by atoms with Crippen LogP contribution in [-0.2, 0) is 6.61 Å². The average Bonchev–Trinajstić information content (AvgIpc) is 2.49. The van der Waals surface area contributed by atoms with Crippen LogP contribution in [0.5, 0.6) is 11.6 Å². The predicted molar refractivity (Wildman–Crippen MR) is 81.9 cm³/mol. The van der Waals surface area contributed by atoms with Crippen molar-refractivity contribution >= 4 is 26.8 Å². The van der Waals surface area contributed by atoms with E-state index >= 15 is 0 Å². The van der Waals surface area contributed by atoms with Gasteiger partial charge in [0, 0.05) is 15.4 Å². The van der Waals surface area contributed by atoms with Gasteiger partial charge in [-0.3, -0.25) is 0 Å². The Morgan fingerprint density at radius 1 is 1.05 bits per heavy atom. The molecule has 0 fully saturated rings. The first-order chi connectivity index (χ1) is 9.76. The molecular weight excluding hydrogens is 318 g/mol. The lowest BCUT2D eigenvalue weighted by atomic mass is 10.1. The Labute approximate surface area is 125 Å². The molecule has 0 aliphatic carbocycles. The zero-order valence-electron chi connectivity index (χ0n) is 10.6. The molecule has 2 aromatic carbocycles. The number of halogens is 1. The fourth-order valence-corrected chi connectivity index (χ4v) is 2.22. The highest BCUT2D eigenvalue weighted by atomic mass is 79.9. The van der Waals surface area contributed by atoms with Crippen LogP contribution in [0.4, 0.5) is 0 Å². The van der Waals surface area contributed by atoms with Crippen molar-refractivity contribution in [3.8, 4) is 11.6 Å². The molecule has 1 aromatic heterocycles. The van der Waals surface area contributed by atoms with Gasteiger partial charge in [-0.15, -0.1) is 0 Å². The van der Waals surface area contributed by atoms with Crippen LogP contribution in [0.1, 0.15) is 5.56 Å². The van der Waals surface area contributed by atoms with Crippen LogP contribution in [0.25, 0.3) is 10.9 Å². The van der Waals surface area contributed by atoms with Crippen molar-refractivity contribution in [1.29, 1.82) is 0 Å². The average molecular weight is 330 g/mol. The number of fused-ring (bicyclic) bond motifs is 1. The molecule has 0 aliphatic rings. The summed E-state index contributed by atoms with van der Waals surface area (Å²) in [4.78, 5) is 4.47. The number of hydrogen-bond donors (Lipinski definition) is 1. The van der Waals surface area contributed by atoms with Gasteiger partial charge in [-0.1, -0.05) is 34.1 Å². The fraction of sp³-hybridized carbons (Fsp3) is 0.0625. The molecule has 0 saturated carbocycles. The first-order valence-corrected chi connectivity index (χ1v) is 6.98. The number of aliphatic hydroxyl groups excluding tert-OH is 1. The standard InChI is InChI=1S/C16H12BrNO2/c17-13-5-7-14(8-6-13)20-16-12(10-19)9-11-3-1-2-4-15(11)18-16/h1-9,19H,10H2. The Balaban J connectivity index is 2.03. The molecule has 0 unspecified atom stereocenters. The number of pyridine rings is 1. The van der Waals surface area contributed by atoms with Gasteiger partial charge in [0.1, 0.15) is 5.75 Å². The smallest absolute Gasteiger partial charge is 0.225 e. The number of aromatic nitrogens is 1. The highest BCUT2D eigenvalue weighted by molar-refractivity contribution is 9.10. The molecule has 4 heteroatoms. The van der Waals surface area contributed by atoms with Crippen LogP contribution in [0.2, 0.25) is 0 Å². The van der Waals surface area contributed by atoms with Gasteiger partial charge in [0.05, 0.1) is 12.1 Å². The summed E-state index contributed by atoms with van der Waals surface area (Å²) in [5, 5.41) is 10.5. The molecular formula is C16H12BrNO2. The third-order valence-corrected chi connectivity index (χ3v) is 3.49. The number of ether oxygens (including phenoxy) is 1. The van der Waals surface area contributed by atoms with Crippen molar-refractivity contribution in [3.05, 3.63) is 64.6 Å². The van der Waals surface area contributed by atoms with Gasteiger partial charge in [-0.2, -0.15) is 0 Å². The van der Waals surface area contributed by atoms with E-state index in [0.717, 1.165) is 15.4 Å². The normalized spacial score (nSPS) is 10.7. The van der Waals surface area contributed by atoms with Gasteiger partial charge in [0.15, 0.2) is 0 Å². The largest absolute Gasteiger partial charge is 0.439 e. The summed E-state index contributed by atoms with van der Waals surface area (Å²) in [7, 11) is 0. The van der Waals surface area contributed by atoms with E-state index in [9.17, 15) is 5.11 Å². The van der Waals surface area contributed by atoms with Crippen LogP contribution in [0.3, 0.4) is 0 Å². The molecule has 0 atom stereocenters. The minimum atomic E-state index is -0.107. The van der Waals surface area contributed by atoms with Crippen LogP contribution in [-0.4, -0.2) is 10.1 Å². The number of nitrogens with zero attached hydrogens (tertiary/aromatic N) is 1. The monoisotopic (exact) mass is 329 g/mol. The van der Waals surface area contributed by atoms with E-state index in [1.807, 2.05) is 54.6 Å². The van der Waals surface area contributed by atoms with Gasteiger partial charge < -0.3 is 9.84 Å². The Hall–Kier alpha value is -1.91. The maximum Gasteiger partial charge on any atom is 0.225 e. The molecule has 1 heterocycles. The van der Waals surface area contributed by atoms with E-state index in [1.165, 1.54) is 0 Å². The van der Waals surface area contributed by atoms with Crippen molar-refractivity contribution in [2.45, 2.75) is 6.61 Å². The second-order valence-electron chi connectivity index (χ2n) is 4.36. The molecule has 0 spiro atoms. The summed E-state index contributed by atoms with van der Waals surface area (Å²) in [5.41, 5.74) is 1.52. The summed E-state index contributed by atoms with van der Waals surface area (Å²) < 4.78 is 6.76. The Bertz CT molecular complexity index is 741. The van der Waals surface area contributed by atoms with Crippen LogP contribution < -0.4 is 4.74 Å². The summed E-state index contributed by atoms with van der Waals surface area (Å²) in [6.45, 7) is -0.107. The number of para-hydroxylation sites is 1. The number of benzene rings is 2. The number of rotatable bonds is 3. The van der Waals surface area contributed by atoms with E-state index in [-0.39, 0.29) is 6.61 Å². The maximum absolute atomic E-state index is 9.47. The molecule has 20 heavy (non-hydrogen) atoms. The second-order valence-corrected chi connectivity index (χ2v) is 5.28. The molecule has 0 aliphatic heterocycles. The highest BCUT2D eigenvalue weighted by Crippen LogP contribution is 2.27. The zero-order chi connectivity index (χ0) is 13.9. The van der Waals surface area contributed by atoms with Crippen molar-refractivity contribution < 1.29 is 9.84 Å². The SMILES string of the molecule is OCc1cc2ccccc2nc1Oc1ccc(Br)cc1. The molecule has 0 saturated heterocycles. The van der Waals surface area contributed by atoms with Gasteiger partial charge in [-0.05, 0) is 36.4 Å². The van der Waals surface area contributed by atoms with E-state index in [0.29, 0.717) is 17.2 Å². The molecule has 0 amide bonds. The second kappa shape index (κ2) is 5.61. The fourth-order valence-electron chi connectivity index (χ4n) is 1.96.